The molecule has 0 spiro atoms. The predicted octanol–water partition coefficient (Wildman–Crippen LogP) is 16.9. The number of rotatable bonds is 45. The maximum absolute atomic E-state index is 12.7. The smallest absolute Gasteiger partial charge is 0.306 e. The SMILES string of the molecule is CC/C=C\C/C=C\C/C=C\CCCCCC(=O)OCC(COCCCCCCCCC/C=C\C/C=C\C/C=C\CCCCC)OC(=O)CCCCCCC/C=C\CCCC. The summed E-state index contributed by atoms with van der Waals surface area (Å²) >= 11 is 0. The van der Waals surface area contributed by atoms with Gasteiger partial charge in [-0.25, -0.2) is 0 Å². The van der Waals surface area contributed by atoms with E-state index in [0.29, 0.717) is 19.4 Å². The average Bonchev–Trinajstić information content (AvgIpc) is 3.25. The number of ether oxygens (including phenoxy) is 3. The highest BCUT2D eigenvalue weighted by Gasteiger charge is 2.17. The molecule has 0 saturated carbocycles. The first-order valence-corrected chi connectivity index (χ1v) is 25.1. The summed E-state index contributed by atoms with van der Waals surface area (Å²) in [5, 5.41) is 0. The quantitative estimate of drug-likeness (QED) is 0.0347. The number of allylic oxidation sites excluding steroid dienone is 14. The minimum absolute atomic E-state index is 0.0591. The van der Waals surface area contributed by atoms with Crippen molar-refractivity contribution in [3.63, 3.8) is 0 Å². The van der Waals surface area contributed by atoms with Crippen molar-refractivity contribution < 1.29 is 23.8 Å². The van der Waals surface area contributed by atoms with E-state index in [4.69, 9.17) is 14.2 Å². The molecule has 0 heterocycles. The van der Waals surface area contributed by atoms with Crippen molar-refractivity contribution in [2.45, 2.75) is 232 Å². The summed E-state index contributed by atoms with van der Waals surface area (Å²) in [6, 6.07) is 0. The van der Waals surface area contributed by atoms with Gasteiger partial charge in [-0.15, -0.1) is 0 Å². The molecule has 1 unspecified atom stereocenters. The third-order valence-electron chi connectivity index (χ3n) is 10.4. The Morgan fingerprint density at radius 2 is 0.767 bits per heavy atom. The van der Waals surface area contributed by atoms with E-state index in [1.165, 1.54) is 96.3 Å². The van der Waals surface area contributed by atoms with E-state index < -0.39 is 6.10 Å². The molecule has 0 amide bonds. The fourth-order valence-corrected chi connectivity index (χ4v) is 6.63. The molecule has 0 aromatic heterocycles. The lowest BCUT2D eigenvalue weighted by molar-refractivity contribution is -0.163. The van der Waals surface area contributed by atoms with E-state index in [9.17, 15) is 9.59 Å². The van der Waals surface area contributed by atoms with Gasteiger partial charge in [-0.05, 0) is 109 Å². The first kappa shape index (κ1) is 57.1. The maximum atomic E-state index is 12.7. The predicted molar refractivity (Wildman–Crippen MR) is 260 cm³/mol. The highest BCUT2D eigenvalue weighted by atomic mass is 16.6. The van der Waals surface area contributed by atoms with Gasteiger partial charge in [0.15, 0.2) is 6.10 Å². The van der Waals surface area contributed by atoms with E-state index in [1.54, 1.807) is 0 Å². The molecule has 0 N–H and O–H groups in total. The highest BCUT2D eigenvalue weighted by molar-refractivity contribution is 5.70. The topological polar surface area (TPSA) is 61.8 Å². The van der Waals surface area contributed by atoms with Crippen molar-refractivity contribution in [3.8, 4) is 0 Å². The number of hydrogen-bond acceptors (Lipinski definition) is 5. The Morgan fingerprint density at radius 1 is 0.383 bits per heavy atom. The van der Waals surface area contributed by atoms with Gasteiger partial charge >= 0.3 is 11.9 Å². The van der Waals surface area contributed by atoms with E-state index in [0.717, 1.165) is 96.3 Å². The fourth-order valence-electron chi connectivity index (χ4n) is 6.63. The second kappa shape index (κ2) is 50.4. The van der Waals surface area contributed by atoms with Gasteiger partial charge < -0.3 is 14.2 Å². The lowest BCUT2D eigenvalue weighted by Crippen LogP contribution is -2.30. The second-order valence-electron chi connectivity index (χ2n) is 16.3. The number of carbonyl (C=O) groups is 2. The van der Waals surface area contributed by atoms with Gasteiger partial charge in [0.1, 0.15) is 6.61 Å². The van der Waals surface area contributed by atoms with Crippen molar-refractivity contribution in [2.75, 3.05) is 19.8 Å². The molecule has 5 nitrogen and oxygen atoms in total. The van der Waals surface area contributed by atoms with E-state index >= 15 is 0 Å². The van der Waals surface area contributed by atoms with Gasteiger partial charge in [-0.2, -0.15) is 0 Å². The Morgan fingerprint density at radius 3 is 1.28 bits per heavy atom. The van der Waals surface area contributed by atoms with Gasteiger partial charge in [0.25, 0.3) is 0 Å². The minimum atomic E-state index is -0.560. The normalized spacial score (nSPS) is 12.9. The van der Waals surface area contributed by atoms with Crippen LogP contribution >= 0.6 is 0 Å². The van der Waals surface area contributed by atoms with E-state index in [-0.39, 0.29) is 25.2 Å². The first-order valence-electron chi connectivity index (χ1n) is 25.1. The molecule has 0 aliphatic carbocycles. The molecule has 0 aromatic rings. The molecule has 0 fully saturated rings. The first-order chi connectivity index (χ1) is 29.6. The van der Waals surface area contributed by atoms with Crippen LogP contribution in [0.4, 0.5) is 0 Å². The van der Waals surface area contributed by atoms with Crippen molar-refractivity contribution >= 4 is 11.9 Å². The van der Waals surface area contributed by atoms with Crippen molar-refractivity contribution in [3.05, 3.63) is 85.1 Å². The average molecular weight is 835 g/mol. The molecule has 0 bridgehead atoms. The zero-order valence-electron chi connectivity index (χ0n) is 39.5. The van der Waals surface area contributed by atoms with Crippen molar-refractivity contribution in [1.82, 2.24) is 0 Å². The van der Waals surface area contributed by atoms with Crippen LogP contribution in [0.3, 0.4) is 0 Å². The second-order valence-corrected chi connectivity index (χ2v) is 16.3. The van der Waals surface area contributed by atoms with Gasteiger partial charge in [-0.1, -0.05) is 189 Å². The Hall–Kier alpha value is -2.92. The van der Waals surface area contributed by atoms with E-state index in [2.05, 4.69) is 106 Å². The molecule has 0 rings (SSSR count). The van der Waals surface area contributed by atoms with Crippen LogP contribution < -0.4 is 0 Å². The number of hydrogen-bond donors (Lipinski definition) is 0. The zero-order chi connectivity index (χ0) is 43.5. The van der Waals surface area contributed by atoms with Crippen LogP contribution in [0, 0.1) is 0 Å². The molecule has 0 saturated heterocycles. The van der Waals surface area contributed by atoms with Crippen LogP contribution in [0.25, 0.3) is 0 Å². The molecule has 0 aliphatic rings. The lowest BCUT2D eigenvalue weighted by Gasteiger charge is -2.18. The molecule has 60 heavy (non-hydrogen) atoms. The Balaban J connectivity index is 4.29. The molecule has 0 aromatic carbocycles. The third-order valence-corrected chi connectivity index (χ3v) is 10.4. The lowest BCUT2D eigenvalue weighted by atomic mass is 10.1. The summed E-state index contributed by atoms with van der Waals surface area (Å²) < 4.78 is 17.3. The molecular weight excluding hydrogens is 741 g/mol. The number of unbranched alkanes of at least 4 members (excludes halogenated alkanes) is 20. The Kier molecular flexibility index (Phi) is 48.0. The molecular formula is C55H94O5. The molecule has 1 atom stereocenters. The van der Waals surface area contributed by atoms with Crippen molar-refractivity contribution in [2.24, 2.45) is 0 Å². The molecule has 0 aliphatic heterocycles. The Bertz CT molecular complexity index is 1130. The molecule has 344 valence electrons. The summed E-state index contributed by atoms with van der Waals surface area (Å²) in [6.45, 7) is 7.58. The summed E-state index contributed by atoms with van der Waals surface area (Å²) in [4.78, 5) is 25.3. The monoisotopic (exact) mass is 835 g/mol. The highest BCUT2D eigenvalue weighted by Crippen LogP contribution is 2.13. The van der Waals surface area contributed by atoms with Gasteiger partial charge in [-0.3, -0.25) is 9.59 Å². The van der Waals surface area contributed by atoms with Crippen LogP contribution in [-0.4, -0.2) is 37.9 Å². The summed E-state index contributed by atoms with van der Waals surface area (Å²) in [7, 11) is 0. The van der Waals surface area contributed by atoms with Crippen LogP contribution in [0.5, 0.6) is 0 Å². The molecule has 5 heteroatoms. The zero-order valence-corrected chi connectivity index (χ0v) is 39.5. The Labute approximate surface area is 371 Å². The number of carbonyl (C=O) groups excluding carboxylic acids is 2. The van der Waals surface area contributed by atoms with E-state index in [1.807, 2.05) is 0 Å². The summed E-state index contributed by atoms with van der Waals surface area (Å²) in [5.74, 6) is -0.451. The standard InChI is InChI=1S/C55H94O5/c1-4-7-10-13-16-19-22-24-25-26-27-28-29-30-32-35-38-41-44-47-50-58-51-53(60-55(57)49-46-43-40-37-33-21-18-15-12-9-6-3)52-59-54(56)48-45-42-39-36-34-31-23-20-17-14-11-8-5-2/h8,11,15-20,24-25,27-28,31,34,53H,4-7,9-10,12-14,21-23,26,29-30,32-33,35-52H2,1-3H3/b11-8-,18-15-,19-16-,20-17-,25-24-,28-27-,34-31-. The maximum Gasteiger partial charge on any atom is 0.306 e. The number of esters is 2. The summed E-state index contributed by atoms with van der Waals surface area (Å²) in [6.07, 6.45) is 65.9. The fraction of sp³-hybridized carbons (Fsp3) is 0.709. The van der Waals surface area contributed by atoms with Crippen molar-refractivity contribution in [1.29, 1.82) is 0 Å². The summed E-state index contributed by atoms with van der Waals surface area (Å²) in [5.41, 5.74) is 0. The van der Waals surface area contributed by atoms with Gasteiger partial charge in [0.2, 0.25) is 0 Å². The third kappa shape index (κ3) is 47.8. The van der Waals surface area contributed by atoms with Crippen LogP contribution in [0.15, 0.2) is 85.1 Å². The van der Waals surface area contributed by atoms with Gasteiger partial charge in [0.05, 0.1) is 6.61 Å². The van der Waals surface area contributed by atoms with Crippen LogP contribution in [-0.2, 0) is 23.8 Å². The van der Waals surface area contributed by atoms with Gasteiger partial charge in [0, 0.05) is 19.4 Å². The van der Waals surface area contributed by atoms with Crippen LogP contribution in [0.1, 0.15) is 226 Å². The minimum Gasteiger partial charge on any atom is -0.462 e. The van der Waals surface area contributed by atoms with Crippen LogP contribution in [0.2, 0.25) is 0 Å². The molecule has 0 radical (unpaired) electrons. The largest absolute Gasteiger partial charge is 0.462 e.